The van der Waals surface area contributed by atoms with Crippen LogP contribution in [0.15, 0.2) is 33.8 Å². The summed E-state index contributed by atoms with van der Waals surface area (Å²) in [5.74, 6) is 1.89. The maximum absolute atomic E-state index is 12.6. The quantitative estimate of drug-likeness (QED) is 0.416. The van der Waals surface area contributed by atoms with Gasteiger partial charge in [-0.3, -0.25) is 4.99 Å². The summed E-state index contributed by atoms with van der Waals surface area (Å²) in [7, 11) is 0. The number of rotatable bonds is 8. The van der Waals surface area contributed by atoms with E-state index in [2.05, 4.69) is 25.8 Å². The van der Waals surface area contributed by atoms with Crippen molar-refractivity contribution >= 4 is 5.96 Å². The minimum Gasteiger partial charge on any atom is -0.357 e. The Hall–Kier alpha value is -2.58. The first kappa shape index (κ1) is 20.7. The Labute approximate surface area is 156 Å². The second-order valence-electron chi connectivity index (χ2n) is 5.97. The van der Waals surface area contributed by atoms with Crippen LogP contribution in [0.3, 0.4) is 0 Å². The summed E-state index contributed by atoms with van der Waals surface area (Å²) in [5, 5.41) is 10.1. The molecule has 6 nitrogen and oxygen atoms in total. The summed E-state index contributed by atoms with van der Waals surface area (Å²) in [6.45, 7) is 5.62. The largest absolute Gasteiger partial charge is 0.416 e. The van der Waals surface area contributed by atoms with Crippen LogP contribution in [0.1, 0.15) is 36.2 Å². The van der Waals surface area contributed by atoms with Crippen LogP contribution in [0, 0.1) is 6.92 Å². The van der Waals surface area contributed by atoms with E-state index in [1.807, 2.05) is 6.92 Å². The minimum absolute atomic E-state index is 0.569. The van der Waals surface area contributed by atoms with Crippen LogP contribution in [0.2, 0.25) is 0 Å². The Morgan fingerprint density at radius 3 is 2.48 bits per heavy atom. The first-order valence-electron chi connectivity index (χ1n) is 8.86. The molecule has 1 aromatic carbocycles. The highest BCUT2D eigenvalue weighted by Gasteiger charge is 2.29. The molecule has 1 heterocycles. The van der Waals surface area contributed by atoms with Crippen molar-refractivity contribution in [3.8, 4) is 0 Å². The number of halogens is 3. The maximum Gasteiger partial charge on any atom is 0.416 e. The summed E-state index contributed by atoms with van der Waals surface area (Å²) < 4.78 is 42.8. The number of hydrogen-bond donors (Lipinski definition) is 2. The molecule has 0 radical (unpaired) electrons. The zero-order chi connectivity index (χ0) is 19.7. The first-order valence-corrected chi connectivity index (χ1v) is 8.86. The van der Waals surface area contributed by atoms with Gasteiger partial charge >= 0.3 is 6.18 Å². The summed E-state index contributed by atoms with van der Waals surface area (Å²) in [6.07, 6.45) is -2.27. The van der Waals surface area contributed by atoms with Crippen LogP contribution in [-0.2, 0) is 19.0 Å². The van der Waals surface area contributed by atoms with Gasteiger partial charge in [0, 0.05) is 26.1 Å². The molecule has 0 saturated heterocycles. The highest BCUT2D eigenvalue weighted by atomic mass is 19.4. The summed E-state index contributed by atoms with van der Waals surface area (Å²) >= 11 is 0. The van der Waals surface area contributed by atoms with Gasteiger partial charge in [0.1, 0.15) is 0 Å². The molecule has 0 bridgehead atoms. The number of benzene rings is 1. The maximum atomic E-state index is 12.6. The standard InChI is InChI=1S/C18H24F3N5O/c1-3-22-17(23-11-4-5-16-25-13(2)26-27-16)24-12-10-14-6-8-15(9-7-14)18(19,20)21/h6-9H,3-5,10-12H2,1-2H3,(H2,22,23,24). The van der Waals surface area contributed by atoms with Crippen LogP contribution >= 0.6 is 0 Å². The van der Waals surface area contributed by atoms with Crippen molar-refractivity contribution < 1.29 is 17.7 Å². The zero-order valence-corrected chi connectivity index (χ0v) is 15.4. The van der Waals surface area contributed by atoms with Crippen molar-refractivity contribution in [2.24, 2.45) is 4.99 Å². The normalized spacial score (nSPS) is 12.3. The number of guanidine groups is 1. The van der Waals surface area contributed by atoms with Gasteiger partial charge in [-0.2, -0.15) is 18.2 Å². The van der Waals surface area contributed by atoms with Gasteiger partial charge < -0.3 is 15.2 Å². The molecule has 2 aromatic rings. The van der Waals surface area contributed by atoms with Crippen LogP contribution in [0.25, 0.3) is 0 Å². The molecule has 0 saturated carbocycles. The van der Waals surface area contributed by atoms with Gasteiger partial charge in [-0.15, -0.1) is 0 Å². The Kier molecular flexibility index (Phi) is 7.63. The number of aromatic nitrogens is 2. The third-order valence-corrected chi connectivity index (χ3v) is 3.72. The second kappa shape index (κ2) is 9.94. The molecule has 1 aromatic heterocycles. The van der Waals surface area contributed by atoms with E-state index >= 15 is 0 Å². The van der Waals surface area contributed by atoms with Crippen molar-refractivity contribution in [2.45, 2.75) is 39.3 Å². The molecule has 0 aliphatic rings. The van der Waals surface area contributed by atoms with Gasteiger partial charge in [0.25, 0.3) is 0 Å². The van der Waals surface area contributed by atoms with Gasteiger partial charge in [0.15, 0.2) is 11.8 Å². The fraction of sp³-hybridized carbons (Fsp3) is 0.500. The van der Waals surface area contributed by atoms with Crippen molar-refractivity contribution in [1.29, 1.82) is 0 Å². The van der Waals surface area contributed by atoms with Gasteiger partial charge in [-0.05, 0) is 44.4 Å². The smallest absolute Gasteiger partial charge is 0.357 e. The minimum atomic E-state index is -4.30. The SMILES string of the molecule is CCNC(=NCCCc1nc(C)no1)NCCc1ccc(C(F)(F)F)cc1. The van der Waals surface area contributed by atoms with E-state index in [0.717, 1.165) is 30.7 Å². The van der Waals surface area contributed by atoms with Crippen LogP contribution in [0.4, 0.5) is 13.2 Å². The van der Waals surface area contributed by atoms with Gasteiger partial charge in [0.2, 0.25) is 5.89 Å². The summed E-state index contributed by atoms with van der Waals surface area (Å²) in [4.78, 5) is 8.61. The van der Waals surface area contributed by atoms with E-state index in [0.29, 0.717) is 43.6 Å². The molecular weight excluding hydrogens is 359 g/mol. The van der Waals surface area contributed by atoms with Crippen LogP contribution < -0.4 is 10.6 Å². The lowest BCUT2D eigenvalue weighted by Crippen LogP contribution is -2.38. The summed E-state index contributed by atoms with van der Waals surface area (Å²) in [6, 6.07) is 5.21. The van der Waals surface area contributed by atoms with Crippen LogP contribution in [0.5, 0.6) is 0 Å². The number of aryl methyl sites for hydroxylation is 2. The molecule has 0 atom stereocenters. The van der Waals surface area contributed by atoms with E-state index in [9.17, 15) is 13.2 Å². The zero-order valence-electron chi connectivity index (χ0n) is 15.4. The molecule has 2 rings (SSSR count). The molecule has 2 N–H and O–H groups in total. The van der Waals surface area contributed by atoms with Crippen molar-refractivity contribution in [3.05, 3.63) is 47.1 Å². The predicted octanol–water partition coefficient (Wildman–Crippen LogP) is 3.13. The highest BCUT2D eigenvalue weighted by Crippen LogP contribution is 2.29. The van der Waals surface area contributed by atoms with E-state index < -0.39 is 11.7 Å². The molecular formula is C18H24F3N5O. The Morgan fingerprint density at radius 2 is 1.89 bits per heavy atom. The lowest BCUT2D eigenvalue weighted by Gasteiger charge is -2.12. The highest BCUT2D eigenvalue weighted by molar-refractivity contribution is 5.79. The Balaban J connectivity index is 1.76. The molecule has 0 amide bonds. The van der Waals surface area contributed by atoms with Crippen molar-refractivity contribution in [1.82, 2.24) is 20.8 Å². The molecule has 27 heavy (non-hydrogen) atoms. The predicted molar refractivity (Wildman–Crippen MR) is 96.5 cm³/mol. The molecule has 0 unspecified atom stereocenters. The summed E-state index contributed by atoms with van der Waals surface area (Å²) in [5.41, 5.74) is 0.198. The lowest BCUT2D eigenvalue weighted by molar-refractivity contribution is -0.137. The van der Waals surface area contributed by atoms with E-state index in [-0.39, 0.29) is 0 Å². The number of hydrogen-bond acceptors (Lipinski definition) is 4. The first-order chi connectivity index (χ1) is 12.9. The van der Waals surface area contributed by atoms with Crippen LogP contribution in [-0.4, -0.2) is 35.7 Å². The Bertz CT molecular complexity index is 725. The number of nitrogens with one attached hydrogen (secondary N) is 2. The molecule has 0 fully saturated rings. The fourth-order valence-electron chi connectivity index (χ4n) is 2.39. The van der Waals surface area contributed by atoms with Crippen molar-refractivity contribution in [3.63, 3.8) is 0 Å². The topological polar surface area (TPSA) is 75.3 Å². The third-order valence-electron chi connectivity index (χ3n) is 3.72. The molecule has 0 aliphatic heterocycles. The molecule has 0 spiro atoms. The second-order valence-corrected chi connectivity index (χ2v) is 5.97. The van der Waals surface area contributed by atoms with Crippen molar-refractivity contribution in [2.75, 3.05) is 19.6 Å². The fourth-order valence-corrected chi connectivity index (χ4v) is 2.39. The molecule has 0 aliphatic carbocycles. The van der Waals surface area contributed by atoms with E-state index in [4.69, 9.17) is 4.52 Å². The van der Waals surface area contributed by atoms with E-state index in [1.54, 1.807) is 6.92 Å². The van der Waals surface area contributed by atoms with E-state index in [1.165, 1.54) is 12.1 Å². The Morgan fingerprint density at radius 1 is 1.15 bits per heavy atom. The average Bonchev–Trinajstić information content (AvgIpc) is 3.03. The lowest BCUT2D eigenvalue weighted by atomic mass is 10.1. The average molecular weight is 383 g/mol. The molecule has 148 valence electrons. The number of aliphatic imine (C=N–C) groups is 1. The van der Waals surface area contributed by atoms with Gasteiger partial charge in [-0.25, -0.2) is 0 Å². The third kappa shape index (κ3) is 7.28. The number of nitrogens with zero attached hydrogens (tertiary/aromatic N) is 3. The molecule has 9 heteroatoms. The van der Waals surface area contributed by atoms with Gasteiger partial charge in [0.05, 0.1) is 5.56 Å². The monoisotopic (exact) mass is 383 g/mol. The number of alkyl halides is 3. The van der Waals surface area contributed by atoms with Gasteiger partial charge in [-0.1, -0.05) is 17.3 Å².